The number of carbonyl (C=O) groups is 3. The second-order valence-corrected chi connectivity index (χ2v) is 12.0. The Morgan fingerprint density at radius 1 is 1.11 bits per heavy atom. The number of methoxy groups -OCH3 is 2. The number of fused-ring (bicyclic) bond motifs is 9. The van der Waals surface area contributed by atoms with Crippen LogP contribution in [0, 0.1) is 29.6 Å². The Hall–Kier alpha value is -2.99. The van der Waals surface area contributed by atoms with Gasteiger partial charge < -0.3 is 24.7 Å². The number of hydrogen-bond donors (Lipinski definition) is 3. The van der Waals surface area contributed by atoms with E-state index in [4.69, 9.17) is 9.47 Å². The number of H-pyrrole nitrogens is 1. The summed E-state index contributed by atoms with van der Waals surface area (Å²) in [5, 5.41) is 20.7. The van der Waals surface area contributed by atoms with Crippen molar-refractivity contribution >= 4 is 40.9 Å². The van der Waals surface area contributed by atoms with E-state index in [1.165, 1.54) is 21.1 Å². The van der Waals surface area contributed by atoms with Gasteiger partial charge in [-0.15, -0.1) is 11.8 Å². The van der Waals surface area contributed by atoms with E-state index < -0.39 is 35.7 Å². The molecule has 36 heavy (non-hydrogen) atoms. The van der Waals surface area contributed by atoms with Crippen LogP contribution in [-0.2, 0) is 14.4 Å². The van der Waals surface area contributed by atoms with Gasteiger partial charge in [-0.05, 0) is 48.8 Å². The SMILES string of the molecule is COc1cc([C@@H]2c3sc(=O)[nH]c3S[C@@H]3[C@H]4C[C@@H]([C@@H]5C(=O)N([C@H](C)C(=O)O)C(=O)[C@H]45)[C@@H]23)cc(OC)c1O. The number of amides is 2. The third-order valence-corrected chi connectivity index (χ3v) is 11.0. The highest BCUT2D eigenvalue weighted by Gasteiger charge is 2.70. The number of aliphatic carboxylic acids is 1. The predicted octanol–water partition coefficient (Wildman–Crippen LogP) is 2.11. The number of nitrogens with one attached hydrogen (secondary N) is 1. The molecule has 0 radical (unpaired) electrons. The average Bonchev–Trinajstić information content (AvgIpc) is 3.57. The molecule has 1 aromatic heterocycles. The van der Waals surface area contributed by atoms with Crippen LogP contribution in [0.25, 0.3) is 0 Å². The molecule has 12 heteroatoms. The molecule has 2 aliphatic heterocycles. The van der Waals surface area contributed by atoms with E-state index in [0.717, 1.165) is 31.7 Å². The molecule has 1 aromatic carbocycles. The summed E-state index contributed by atoms with van der Waals surface area (Å²) in [5.74, 6) is -3.44. The number of aromatic amines is 1. The van der Waals surface area contributed by atoms with E-state index in [2.05, 4.69) is 4.98 Å². The number of carbonyl (C=O) groups excluding carboxylic acids is 2. The number of carboxylic acid groups (broad SMARTS) is 1. The minimum Gasteiger partial charge on any atom is -0.502 e. The van der Waals surface area contributed by atoms with Crippen LogP contribution in [0.1, 0.15) is 29.7 Å². The van der Waals surface area contributed by atoms with Gasteiger partial charge in [-0.3, -0.25) is 19.3 Å². The van der Waals surface area contributed by atoms with Crippen LogP contribution >= 0.6 is 23.1 Å². The maximum atomic E-state index is 13.5. The third kappa shape index (κ3) is 2.97. The molecule has 4 aliphatic rings. The Balaban J connectivity index is 1.48. The quantitative estimate of drug-likeness (QED) is 0.493. The highest BCUT2D eigenvalue weighted by molar-refractivity contribution is 8.00. The summed E-state index contributed by atoms with van der Waals surface area (Å²) in [6, 6.07) is 2.24. The van der Waals surface area contributed by atoms with Gasteiger partial charge in [-0.1, -0.05) is 11.3 Å². The molecule has 1 saturated heterocycles. The predicted molar refractivity (Wildman–Crippen MR) is 129 cm³/mol. The summed E-state index contributed by atoms with van der Waals surface area (Å²) in [6.45, 7) is 1.36. The fourth-order valence-electron chi connectivity index (χ4n) is 7.00. The van der Waals surface area contributed by atoms with Crippen molar-refractivity contribution in [1.29, 1.82) is 0 Å². The van der Waals surface area contributed by atoms with Gasteiger partial charge in [0.1, 0.15) is 6.04 Å². The molecule has 2 amide bonds. The first kappa shape index (κ1) is 23.4. The number of aromatic hydroxyl groups is 1. The Kier molecular flexibility index (Phi) is 5.21. The molecule has 10 nitrogen and oxygen atoms in total. The van der Waals surface area contributed by atoms with E-state index in [0.29, 0.717) is 6.42 Å². The lowest BCUT2D eigenvalue weighted by atomic mass is 9.68. The van der Waals surface area contributed by atoms with E-state index in [1.807, 2.05) is 0 Å². The lowest BCUT2D eigenvalue weighted by Gasteiger charge is -2.43. The molecule has 2 saturated carbocycles. The Bertz CT molecular complexity index is 1340. The van der Waals surface area contributed by atoms with Crippen molar-refractivity contribution in [1.82, 2.24) is 9.88 Å². The van der Waals surface area contributed by atoms with Crippen molar-refractivity contribution in [2.75, 3.05) is 14.2 Å². The lowest BCUT2D eigenvalue weighted by molar-refractivity contribution is -0.154. The number of imide groups is 1. The first-order chi connectivity index (χ1) is 17.2. The highest BCUT2D eigenvalue weighted by atomic mass is 32.2. The first-order valence-corrected chi connectivity index (χ1v) is 13.3. The van der Waals surface area contributed by atoms with E-state index in [-0.39, 0.29) is 51.0 Å². The van der Waals surface area contributed by atoms with Gasteiger partial charge >= 0.3 is 10.8 Å². The van der Waals surface area contributed by atoms with Crippen molar-refractivity contribution in [3.8, 4) is 17.2 Å². The smallest absolute Gasteiger partial charge is 0.326 e. The van der Waals surface area contributed by atoms with Crippen LogP contribution < -0.4 is 14.3 Å². The molecule has 2 aromatic rings. The van der Waals surface area contributed by atoms with Crippen LogP contribution in [0.4, 0.5) is 0 Å². The second-order valence-electron chi connectivity index (χ2n) is 9.80. The van der Waals surface area contributed by atoms with E-state index in [9.17, 15) is 29.4 Å². The lowest BCUT2D eigenvalue weighted by Crippen LogP contribution is -2.44. The van der Waals surface area contributed by atoms with Gasteiger partial charge in [0, 0.05) is 16.0 Å². The maximum absolute atomic E-state index is 13.5. The van der Waals surface area contributed by atoms with Gasteiger partial charge in [0.05, 0.1) is 31.1 Å². The Morgan fingerprint density at radius 3 is 2.31 bits per heavy atom. The maximum Gasteiger partial charge on any atom is 0.326 e. The number of hydrogen-bond acceptors (Lipinski definition) is 9. The number of aromatic nitrogens is 1. The van der Waals surface area contributed by atoms with Crippen LogP contribution in [0.5, 0.6) is 17.2 Å². The van der Waals surface area contributed by atoms with Crippen LogP contribution in [0.3, 0.4) is 0 Å². The largest absolute Gasteiger partial charge is 0.502 e. The Morgan fingerprint density at radius 2 is 1.72 bits per heavy atom. The Labute approximate surface area is 213 Å². The molecule has 3 heterocycles. The molecule has 8 atom stereocenters. The fraction of sp³-hybridized carbons (Fsp3) is 0.500. The zero-order chi connectivity index (χ0) is 25.6. The first-order valence-electron chi connectivity index (χ1n) is 11.6. The number of likely N-dealkylation sites (tertiary alicyclic amines) is 1. The van der Waals surface area contributed by atoms with Crippen molar-refractivity contribution in [3.05, 3.63) is 32.2 Å². The standard InChI is InChI=1S/C24H24N2O8S2/c1-7(23(30)31)26-21(28)15-9-6-10(16(15)22(26)29)18-14(9)13(19-20(35-18)25-24(32)36-19)8-4-11(33-2)17(27)12(5-8)34-3/h4-5,7,9-10,13-16,18,27H,6H2,1-3H3,(H,25,32)(H,30,31)/t7-,9-,10+,13+,14+,15+,16-,18-/m1/s1. The van der Waals surface area contributed by atoms with Gasteiger partial charge in [-0.25, -0.2) is 4.79 Å². The molecule has 3 N–H and O–H groups in total. The van der Waals surface area contributed by atoms with Gasteiger partial charge in [0.15, 0.2) is 11.5 Å². The summed E-state index contributed by atoms with van der Waals surface area (Å²) in [4.78, 5) is 55.4. The number of thiazole rings is 1. The van der Waals surface area contributed by atoms with Crippen LogP contribution in [0.2, 0.25) is 0 Å². The monoisotopic (exact) mass is 532 g/mol. The van der Waals surface area contributed by atoms with Crippen molar-refractivity contribution in [3.63, 3.8) is 0 Å². The molecule has 2 bridgehead atoms. The molecule has 0 unspecified atom stereocenters. The molecule has 190 valence electrons. The van der Waals surface area contributed by atoms with Crippen LogP contribution in [-0.4, -0.2) is 63.4 Å². The summed E-state index contributed by atoms with van der Waals surface area (Å²) in [5.41, 5.74) is 0.782. The number of ether oxygens (including phenoxy) is 2. The minimum atomic E-state index is -1.22. The number of rotatable bonds is 5. The van der Waals surface area contributed by atoms with Gasteiger partial charge in [-0.2, -0.15) is 0 Å². The normalized spacial score (nSPS) is 32.8. The number of phenolic OH excluding ortho intramolecular Hbond substituents is 1. The highest BCUT2D eigenvalue weighted by Crippen LogP contribution is 2.69. The zero-order valence-electron chi connectivity index (χ0n) is 19.6. The van der Waals surface area contributed by atoms with Crippen molar-refractivity contribution in [2.24, 2.45) is 29.6 Å². The second kappa shape index (κ2) is 8.01. The molecule has 2 aliphatic carbocycles. The van der Waals surface area contributed by atoms with Crippen LogP contribution in [0.15, 0.2) is 22.0 Å². The molecule has 3 fully saturated rings. The number of thioether (sulfide) groups is 1. The summed E-state index contributed by atoms with van der Waals surface area (Å²) in [6.07, 6.45) is 0.687. The van der Waals surface area contributed by atoms with Gasteiger partial charge in [0.25, 0.3) is 0 Å². The summed E-state index contributed by atoms with van der Waals surface area (Å²) < 4.78 is 10.8. The number of phenols is 1. The molecule has 0 spiro atoms. The number of carboxylic acids is 1. The van der Waals surface area contributed by atoms with Crippen molar-refractivity contribution < 1.29 is 34.1 Å². The topological polar surface area (TPSA) is 146 Å². The third-order valence-electron chi connectivity index (χ3n) is 8.36. The zero-order valence-corrected chi connectivity index (χ0v) is 21.2. The fourth-order valence-corrected chi connectivity index (χ4v) is 9.89. The van der Waals surface area contributed by atoms with E-state index in [1.54, 1.807) is 23.9 Å². The van der Waals surface area contributed by atoms with Crippen molar-refractivity contribution in [2.45, 2.75) is 35.6 Å². The van der Waals surface area contributed by atoms with Gasteiger partial charge in [0.2, 0.25) is 17.6 Å². The van der Waals surface area contributed by atoms with E-state index >= 15 is 0 Å². The number of nitrogens with zero attached hydrogens (tertiary/aromatic N) is 1. The molecular weight excluding hydrogens is 508 g/mol. The number of benzene rings is 1. The summed E-state index contributed by atoms with van der Waals surface area (Å²) in [7, 11) is 2.89. The summed E-state index contributed by atoms with van der Waals surface area (Å²) >= 11 is 2.67. The minimum absolute atomic E-state index is 0.0402. The average molecular weight is 533 g/mol. The molecule has 6 rings (SSSR count). The molecular formula is C24H24N2O8S2.